The highest BCUT2D eigenvalue weighted by molar-refractivity contribution is 8.00. The number of aromatic nitrogens is 1. The quantitative estimate of drug-likeness (QED) is 0.317. The molecule has 1 aromatic rings. The fourth-order valence-electron chi connectivity index (χ4n) is 2.84. The first-order valence-electron chi connectivity index (χ1n) is 7.99. The molecular formula is C16H17N5O6S. The predicted molar refractivity (Wildman–Crippen MR) is 98.9 cm³/mol. The number of oxime groups is 1. The molecule has 0 bridgehead atoms. The number of hydrogen-bond donors (Lipinski definition) is 3. The Labute approximate surface area is 163 Å². The summed E-state index contributed by atoms with van der Waals surface area (Å²) < 4.78 is 5.06. The Morgan fingerprint density at radius 3 is 2.79 bits per heavy atom. The van der Waals surface area contributed by atoms with Crippen LogP contribution in [0.15, 0.2) is 34.8 Å². The van der Waals surface area contributed by atoms with Crippen LogP contribution in [0.1, 0.15) is 5.69 Å². The molecule has 12 heteroatoms. The summed E-state index contributed by atoms with van der Waals surface area (Å²) in [5, 5.41) is 15.1. The molecule has 1 aromatic heterocycles. The van der Waals surface area contributed by atoms with Crippen LogP contribution in [0.25, 0.3) is 0 Å². The van der Waals surface area contributed by atoms with Gasteiger partial charge in [-0.3, -0.25) is 14.5 Å². The van der Waals surface area contributed by atoms with E-state index in [9.17, 15) is 19.5 Å². The molecule has 0 aliphatic carbocycles. The number of pyridine rings is 1. The van der Waals surface area contributed by atoms with Crippen molar-refractivity contribution >= 4 is 41.1 Å². The number of nitrogens with zero attached hydrogens (tertiary/aromatic N) is 3. The molecule has 148 valence electrons. The zero-order chi connectivity index (χ0) is 20.4. The molecule has 2 aliphatic rings. The fourth-order valence-corrected chi connectivity index (χ4v) is 4.15. The van der Waals surface area contributed by atoms with Crippen LogP contribution in [0.4, 0.5) is 5.82 Å². The molecule has 3 heterocycles. The van der Waals surface area contributed by atoms with Gasteiger partial charge in [-0.1, -0.05) is 11.2 Å². The van der Waals surface area contributed by atoms with Gasteiger partial charge in [-0.25, -0.2) is 9.78 Å². The first-order valence-corrected chi connectivity index (χ1v) is 9.04. The summed E-state index contributed by atoms with van der Waals surface area (Å²) in [6.45, 7) is 0. The van der Waals surface area contributed by atoms with Crippen molar-refractivity contribution in [1.29, 1.82) is 0 Å². The molecule has 3 rings (SSSR count). The largest absolute Gasteiger partial charge is 0.498 e. The number of ether oxygens (including phenoxy) is 1. The van der Waals surface area contributed by atoms with Gasteiger partial charge in [0, 0.05) is 0 Å². The Morgan fingerprint density at radius 2 is 2.18 bits per heavy atom. The Hall–Kier alpha value is -3.28. The minimum atomic E-state index is -1.27. The summed E-state index contributed by atoms with van der Waals surface area (Å²) in [6, 6.07) is 3.74. The summed E-state index contributed by atoms with van der Waals surface area (Å²) in [4.78, 5) is 46.5. The van der Waals surface area contributed by atoms with Crippen LogP contribution >= 0.6 is 11.8 Å². The predicted octanol–water partition coefficient (Wildman–Crippen LogP) is -0.643. The van der Waals surface area contributed by atoms with Gasteiger partial charge in [0.2, 0.25) is 0 Å². The Balaban J connectivity index is 1.80. The van der Waals surface area contributed by atoms with Crippen molar-refractivity contribution in [3.63, 3.8) is 0 Å². The number of hydrogen-bond acceptors (Lipinski definition) is 9. The Kier molecular flexibility index (Phi) is 5.40. The molecule has 4 N–H and O–H groups in total. The van der Waals surface area contributed by atoms with E-state index in [2.05, 4.69) is 15.5 Å². The molecular weight excluding hydrogens is 390 g/mol. The van der Waals surface area contributed by atoms with Crippen LogP contribution in [0.2, 0.25) is 0 Å². The number of carboxylic acid groups (broad SMARTS) is 1. The van der Waals surface area contributed by atoms with Crippen LogP contribution < -0.4 is 11.1 Å². The van der Waals surface area contributed by atoms with Gasteiger partial charge in [0.05, 0.1) is 12.9 Å². The molecule has 2 aliphatic heterocycles. The second-order valence-corrected chi connectivity index (χ2v) is 6.82. The van der Waals surface area contributed by atoms with E-state index in [1.165, 1.54) is 32.0 Å². The van der Waals surface area contributed by atoms with Crippen LogP contribution in [0.5, 0.6) is 0 Å². The molecule has 0 radical (unpaired) electrons. The average molecular weight is 407 g/mol. The lowest BCUT2D eigenvalue weighted by Crippen LogP contribution is -2.71. The van der Waals surface area contributed by atoms with E-state index in [0.717, 1.165) is 4.90 Å². The van der Waals surface area contributed by atoms with Gasteiger partial charge in [-0.15, -0.1) is 11.8 Å². The average Bonchev–Trinajstić information content (AvgIpc) is 2.68. The number of rotatable bonds is 6. The maximum atomic E-state index is 12.7. The van der Waals surface area contributed by atoms with Crippen LogP contribution in [0, 0.1) is 0 Å². The maximum Gasteiger partial charge on any atom is 0.356 e. The van der Waals surface area contributed by atoms with Crippen molar-refractivity contribution in [3.05, 3.63) is 35.3 Å². The zero-order valence-corrected chi connectivity index (χ0v) is 15.7. The highest BCUT2D eigenvalue weighted by Crippen LogP contribution is 2.40. The minimum Gasteiger partial charge on any atom is -0.498 e. The summed E-state index contributed by atoms with van der Waals surface area (Å²) in [5.74, 6) is -1.89. The van der Waals surface area contributed by atoms with Crippen LogP contribution in [-0.2, 0) is 24.0 Å². The third-order valence-electron chi connectivity index (χ3n) is 4.08. The van der Waals surface area contributed by atoms with Crippen molar-refractivity contribution in [2.24, 2.45) is 5.16 Å². The maximum absolute atomic E-state index is 12.7. The Morgan fingerprint density at radius 1 is 1.43 bits per heavy atom. The standard InChI is InChI=1S/C16H17N5O6S/c1-26-8-6-28-15-11(14(23)21(15)12(8)16(24)25)19-13(22)10(20-27-2)7-4-3-5-9(17)18-7/h3-5,11,15H,6H2,1-2H3,(H2,17,18)(H,19,22)(H,24,25)/t11?,15-/m0/s1. The van der Waals surface area contributed by atoms with Gasteiger partial charge in [-0.2, -0.15) is 0 Å². The summed E-state index contributed by atoms with van der Waals surface area (Å²) in [5.41, 5.74) is 5.43. The lowest BCUT2D eigenvalue weighted by atomic mass is 10.0. The summed E-state index contributed by atoms with van der Waals surface area (Å²) >= 11 is 1.28. The number of carboxylic acids is 1. The summed E-state index contributed by atoms with van der Waals surface area (Å²) in [6.07, 6.45) is 0. The number of carbonyl (C=O) groups is 3. The van der Waals surface area contributed by atoms with E-state index in [1.807, 2.05) is 0 Å². The zero-order valence-electron chi connectivity index (χ0n) is 14.9. The molecule has 0 saturated carbocycles. The van der Waals surface area contributed by atoms with E-state index < -0.39 is 29.2 Å². The van der Waals surface area contributed by atoms with Gasteiger partial charge >= 0.3 is 5.97 Å². The van der Waals surface area contributed by atoms with Gasteiger partial charge in [0.1, 0.15) is 35.8 Å². The molecule has 0 aromatic carbocycles. The fraction of sp³-hybridized carbons (Fsp3) is 0.312. The van der Waals surface area contributed by atoms with Crippen molar-refractivity contribution in [3.8, 4) is 0 Å². The van der Waals surface area contributed by atoms with Gasteiger partial charge < -0.3 is 25.7 Å². The SMILES string of the molecule is CON=C(C(=O)NC1C(=O)N2C(C(=O)O)=C(OC)CS[C@@H]12)c1cccc(N)n1. The van der Waals surface area contributed by atoms with Crippen molar-refractivity contribution in [1.82, 2.24) is 15.2 Å². The lowest BCUT2D eigenvalue weighted by Gasteiger charge is -2.48. The molecule has 2 atom stereocenters. The number of methoxy groups -OCH3 is 1. The lowest BCUT2D eigenvalue weighted by molar-refractivity contribution is -0.150. The monoisotopic (exact) mass is 407 g/mol. The highest BCUT2D eigenvalue weighted by atomic mass is 32.2. The van der Waals surface area contributed by atoms with E-state index >= 15 is 0 Å². The normalized spacial score (nSPS) is 21.6. The molecule has 2 amide bonds. The number of nitrogens with two attached hydrogens (primary N) is 1. The van der Waals surface area contributed by atoms with Crippen LogP contribution in [0.3, 0.4) is 0 Å². The first-order chi connectivity index (χ1) is 13.4. The summed E-state index contributed by atoms with van der Waals surface area (Å²) in [7, 11) is 2.61. The van der Waals surface area contributed by atoms with Crippen molar-refractivity contribution in [2.45, 2.75) is 11.4 Å². The highest BCUT2D eigenvalue weighted by Gasteiger charge is 2.55. The number of anilines is 1. The number of nitrogens with one attached hydrogen (secondary N) is 1. The number of nitrogen functional groups attached to an aromatic ring is 1. The number of fused-ring (bicyclic) bond motifs is 1. The number of thioether (sulfide) groups is 1. The topological polar surface area (TPSA) is 156 Å². The molecule has 0 spiro atoms. The number of carbonyl (C=O) groups excluding carboxylic acids is 2. The molecule has 1 fully saturated rings. The third-order valence-corrected chi connectivity index (χ3v) is 5.33. The smallest absolute Gasteiger partial charge is 0.356 e. The van der Waals surface area contributed by atoms with E-state index in [-0.39, 0.29) is 34.4 Å². The van der Waals surface area contributed by atoms with Gasteiger partial charge in [0.15, 0.2) is 11.4 Å². The van der Waals surface area contributed by atoms with Gasteiger partial charge in [0.25, 0.3) is 11.8 Å². The van der Waals surface area contributed by atoms with E-state index in [4.69, 9.17) is 15.3 Å². The van der Waals surface area contributed by atoms with E-state index in [1.54, 1.807) is 12.1 Å². The first kappa shape index (κ1) is 19.5. The third kappa shape index (κ3) is 3.33. The minimum absolute atomic E-state index is 0.159. The number of aliphatic carboxylic acids is 1. The second kappa shape index (κ2) is 7.76. The Bertz CT molecular complexity index is 901. The molecule has 28 heavy (non-hydrogen) atoms. The van der Waals surface area contributed by atoms with Gasteiger partial charge in [-0.05, 0) is 12.1 Å². The second-order valence-electron chi connectivity index (χ2n) is 5.71. The number of β-lactam (4-membered cyclic amide) rings is 1. The van der Waals surface area contributed by atoms with Crippen molar-refractivity contribution < 1.29 is 29.1 Å². The molecule has 11 nitrogen and oxygen atoms in total. The van der Waals surface area contributed by atoms with Crippen molar-refractivity contribution in [2.75, 3.05) is 25.7 Å². The van der Waals surface area contributed by atoms with E-state index in [0.29, 0.717) is 0 Å². The molecule has 1 unspecified atom stereocenters. The molecule has 1 saturated heterocycles. The number of amides is 2. The van der Waals surface area contributed by atoms with Crippen LogP contribution in [-0.4, -0.2) is 69.9 Å².